The SMILES string of the molecule is CCCOc1ccccc1-c1cc(Cl)ccc1C=O. The van der Waals surface area contributed by atoms with Crippen LogP contribution in [0.2, 0.25) is 5.02 Å². The summed E-state index contributed by atoms with van der Waals surface area (Å²) in [6.45, 7) is 2.70. The smallest absolute Gasteiger partial charge is 0.150 e. The van der Waals surface area contributed by atoms with Crippen LogP contribution in [0.15, 0.2) is 42.5 Å². The van der Waals surface area contributed by atoms with Gasteiger partial charge in [-0.15, -0.1) is 0 Å². The summed E-state index contributed by atoms with van der Waals surface area (Å²) in [5.74, 6) is 0.773. The Morgan fingerprint density at radius 3 is 2.68 bits per heavy atom. The molecule has 0 bridgehead atoms. The van der Waals surface area contributed by atoms with Gasteiger partial charge in [-0.3, -0.25) is 4.79 Å². The second-order valence-corrected chi connectivity index (χ2v) is 4.63. The van der Waals surface area contributed by atoms with Gasteiger partial charge in [-0.2, -0.15) is 0 Å². The third-order valence-electron chi connectivity index (χ3n) is 2.78. The molecule has 0 aliphatic heterocycles. The van der Waals surface area contributed by atoms with E-state index in [0.29, 0.717) is 17.2 Å². The lowest BCUT2D eigenvalue weighted by Gasteiger charge is -2.12. The van der Waals surface area contributed by atoms with Crippen molar-refractivity contribution in [1.82, 2.24) is 0 Å². The van der Waals surface area contributed by atoms with Crippen molar-refractivity contribution < 1.29 is 9.53 Å². The van der Waals surface area contributed by atoms with E-state index in [4.69, 9.17) is 16.3 Å². The minimum Gasteiger partial charge on any atom is -0.493 e. The highest BCUT2D eigenvalue weighted by Crippen LogP contribution is 2.33. The quantitative estimate of drug-likeness (QED) is 0.744. The van der Waals surface area contributed by atoms with Crippen LogP contribution >= 0.6 is 11.6 Å². The average molecular weight is 275 g/mol. The molecule has 0 radical (unpaired) electrons. The van der Waals surface area contributed by atoms with Gasteiger partial charge in [0.15, 0.2) is 6.29 Å². The van der Waals surface area contributed by atoms with Gasteiger partial charge in [0, 0.05) is 16.1 Å². The average Bonchev–Trinajstić information content (AvgIpc) is 2.45. The third kappa shape index (κ3) is 3.15. The Morgan fingerprint density at radius 1 is 1.16 bits per heavy atom. The molecule has 0 aliphatic carbocycles. The molecular formula is C16H15ClO2. The monoisotopic (exact) mass is 274 g/mol. The Labute approximate surface area is 118 Å². The molecule has 2 nitrogen and oxygen atoms in total. The van der Waals surface area contributed by atoms with Crippen LogP contribution in [-0.2, 0) is 0 Å². The fraction of sp³-hybridized carbons (Fsp3) is 0.188. The summed E-state index contributed by atoms with van der Waals surface area (Å²) in [6, 6.07) is 12.9. The van der Waals surface area contributed by atoms with Gasteiger partial charge in [0.2, 0.25) is 0 Å². The van der Waals surface area contributed by atoms with Crippen LogP contribution in [0.1, 0.15) is 23.7 Å². The maximum atomic E-state index is 11.2. The topological polar surface area (TPSA) is 26.3 Å². The Kier molecular flexibility index (Phi) is 4.58. The van der Waals surface area contributed by atoms with Gasteiger partial charge < -0.3 is 4.74 Å². The number of aldehydes is 1. The molecule has 0 spiro atoms. The molecule has 3 heteroatoms. The van der Waals surface area contributed by atoms with Crippen molar-refractivity contribution in [2.24, 2.45) is 0 Å². The number of carbonyl (C=O) groups is 1. The third-order valence-corrected chi connectivity index (χ3v) is 3.02. The summed E-state index contributed by atoms with van der Waals surface area (Å²) in [6.07, 6.45) is 1.77. The summed E-state index contributed by atoms with van der Waals surface area (Å²) in [4.78, 5) is 11.2. The zero-order valence-electron chi connectivity index (χ0n) is 10.7. The van der Waals surface area contributed by atoms with E-state index in [1.54, 1.807) is 18.2 Å². The van der Waals surface area contributed by atoms with Crippen LogP contribution < -0.4 is 4.74 Å². The molecule has 0 fully saturated rings. The molecule has 0 N–H and O–H groups in total. The van der Waals surface area contributed by atoms with Crippen molar-refractivity contribution in [3.05, 3.63) is 53.1 Å². The Hall–Kier alpha value is -1.80. The number of rotatable bonds is 5. The highest BCUT2D eigenvalue weighted by Gasteiger charge is 2.10. The normalized spacial score (nSPS) is 10.2. The first kappa shape index (κ1) is 13.6. The Balaban J connectivity index is 2.51. The predicted molar refractivity (Wildman–Crippen MR) is 78.1 cm³/mol. The van der Waals surface area contributed by atoms with Crippen molar-refractivity contribution in [1.29, 1.82) is 0 Å². The van der Waals surface area contributed by atoms with E-state index in [-0.39, 0.29) is 0 Å². The first-order chi connectivity index (χ1) is 9.26. The summed E-state index contributed by atoms with van der Waals surface area (Å²) in [5, 5.41) is 0.603. The van der Waals surface area contributed by atoms with Crippen molar-refractivity contribution in [2.45, 2.75) is 13.3 Å². The van der Waals surface area contributed by atoms with Crippen LogP contribution in [0.4, 0.5) is 0 Å². The Morgan fingerprint density at radius 2 is 1.95 bits per heavy atom. The second-order valence-electron chi connectivity index (χ2n) is 4.19. The Bertz CT molecular complexity index is 579. The van der Waals surface area contributed by atoms with Crippen LogP contribution in [0, 0.1) is 0 Å². The molecule has 2 aromatic carbocycles. The number of carbonyl (C=O) groups excluding carboxylic acids is 1. The molecular weight excluding hydrogens is 260 g/mol. The van der Waals surface area contributed by atoms with E-state index in [9.17, 15) is 4.79 Å². The standard InChI is InChI=1S/C16H15ClO2/c1-2-9-19-16-6-4-3-5-14(16)15-10-13(17)8-7-12(15)11-18/h3-8,10-11H,2,9H2,1H3. The van der Waals surface area contributed by atoms with Crippen molar-refractivity contribution in [3.63, 3.8) is 0 Å². The lowest BCUT2D eigenvalue weighted by atomic mass is 9.99. The highest BCUT2D eigenvalue weighted by atomic mass is 35.5. The minimum atomic E-state index is 0.603. The molecule has 0 aromatic heterocycles. The largest absolute Gasteiger partial charge is 0.493 e. The summed E-state index contributed by atoms with van der Waals surface area (Å²) < 4.78 is 5.72. The molecule has 0 saturated heterocycles. The molecule has 2 aromatic rings. The van der Waals surface area contributed by atoms with E-state index in [0.717, 1.165) is 29.6 Å². The van der Waals surface area contributed by atoms with Crippen LogP contribution in [-0.4, -0.2) is 12.9 Å². The molecule has 0 atom stereocenters. The summed E-state index contributed by atoms with van der Waals surface area (Å²) in [5.41, 5.74) is 2.30. The number of ether oxygens (including phenoxy) is 1. The van der Waals surface area contributed by atoms with Crippen LogP contribution in [0.3, 0.4) is 0 Å². The lowest BCUT2D eigenvalue weighted by Crippen LogP contribution is -1.98. The second kappa shape index (κ2) is 6.39. The molecule has 0 aliphatic rings. The number of halogens is 1. The van der Waals surface area contributed by atoms with E-state index >= 15 is 0 Å². The maximum absolute atomic E-state index is 11.2. The van der Waals surface area contributed by atoms with Gasteiger partial charge in [-0.05, 0) is 36.2 Å². The molecule has 0 unspecified atom stereocenters. The molecule has 19 heavy (non-hydrogen) atoms. The van der Waals surface area contributed by atoms with E-state index in [1.807, 2.05) is 24.3 Å². The maximum Gasteiger partial charge on any atom is 0.150 e. The lowest BCUT2D eigenvalue weighted by molar-refractivity contribution is 0.112. The van der Waals surface area contributed by atoms with E-state index in [2.05, 4.69) is 6.92 Å². The van der Waals surface area contributed by atoms with E-state index in [1.165, 1.54) is 0 Å². The number of benzene rings is 2. The van der Waals surface area contributed by atoms with Gasteiger partial charge in [0.05, 0.1) is 6.61 Å². The van der Waals surface area contributed by atoms with Crippen molar-refractivity contribution in [2.75, 3.05) is 6.61 Å². The van der Waals surface area contributed by atoms with Gasteiger partial charge in [-0.1, -0.05) is 36.7 Å². The first-order valence-corrected chi connectivity index (χ1v) is 6.61. The number of hydrogen-bond acceptors (Lipinski definition) is 2. The zero-order chi connectivity index (χ0) is 13.7. The predicted octanol–water partition coefficient (Wildman–Crippen LogP) is 4.61. The highest BCUT2D eigenvalue weighted by molar-refractivity contribution is 6.31. The van der Waals surface area contributed by atoms with Crippen molar-refractivity contribution in [3.8, 4) is 16.9 Å². The molecule has 98 valence electrons. The first-order valence-electron chi connectivity index (χ1n) is 6.23. The van der Waals surface area contributed by atoms with Gasteiger partial charge in [0.25, 0.3) is 0 Å². The molecule has 0 amide bonds. The van der Waals surface area contributed by atoms with Crippen LogP contribution in [0.5, 0.6) is 5.75 Å². The molecule has 2 rings (SSSR count). The minimum absolute atomic E-state index is 0.603. The van der Waals surface area contributed by atoms with Gasteiger partial charge in [0.1, 0.15) is 5.75 Å². The number of para-hydroxylation sites is 1. The van der Waals surface area contributed by atoms with Gasteiger partial charge in [-0.25, -0.2) is 0 Å². The van der Waals surface area contributed by atoms with Gasteiger partial charge >= 0.3 is 0 Å². The fourth-order valence-electron chi connectivity index (χ4n) is 1.89. The number of hydrogen-bond donors (Lipinski definition) is 0. The zero-order valence-corrected chi connectivity index (χ0v) is 11.5. The van der Waals surface area contributed by atoms with Crippen LogP contribution in [0.25, 0.3) is 11.1 Å². The summed E-state index contributed by atoms with van der Waals surface area (Å²) >= 11 is 6.02. The summed E-state index contributed by atoms with van der Waals surface area (Å²) in [7, 11) is 0. The molecule has 0 saturated carbocycles. The van der Waals surface area contributed by atoms with Crippen molar-refractivity contribution >= 4 is 17.9 Å². The van der Waals surface area contributed by atoms with E-state index < -0.39 is 0 Å². The molecule has 0 heterocycles. The fourth-order valence-corrected chi connectivity index (χ4v) is 2.06.